The summed E-state index contributed by atoms with van der Waals surface area (Å²) in [5.74, 6) is 10.3. The minimum absolute atomic E-state index is 0.198. The number of ether oxygens (including phenoxy) is 3. The normalized spacial score (nSPS) is 29.3. The summed E-state index contributed by atoms with van der Waals surface area (Å²) in [5.41, 5.74) is 3.69. The molecular formula is C28H32O3. The first-order valence-corrected chi connectivity index (χ1v) is 11.6. The van der Waals surface area contributed by atoms with Crippen LogP contribution in [0.3, 0.4) is 0 Å². The maximum Gasteiger partial charge on any atom is 0.191 e. The molecule has 4 fully saturated rings. The minimum Gasteiger partial charge on any atom is -0.467 e. The molecule has 4 bridgehead atoms. The van der Waals surface area contributed by atoms with E-state index in [1.165, 1.54) is 44.1 Å². The van der Waals surface area contributed by atoms with Crippen molar-refractivity contribution in [3.8, 4) is 17.6 Å². The van der Waals surface area contributed by atoms with Gasteiger partial charge >= 0.3 is 0 Å². The summed E-state index contributed by atoms with van der Waals surface area (Å²) >= 11 is 0. The summed E-state index contributed by atoms with van der Waals surface area (Å²) in [7, 11) is 1.64. The van der Waals surface area contributed by atoms with Crippen molar-refractivity contribution in [2.45, 2.75) is 57.2 Å². The molecule has 0 aliphatic heterocycles. The van der Waals surface area contributed by atoms with Gasteiger partial charge in [-0.3, -0.25) is 0 Å². The van der Waals surface area contributed by atoms with Crippen LogP contribution in [-0.4, -0.2) is 20.2 Å². The largest absolute Gasteiger partial charge is 0.467 e. The van der Waals surface area contributed by atoms with Gasteiger partial charge in [-0.25, -0.2) is 0 Å². The van der Waals surface area contributed by atoms with Crippen LogP contribution in [0.1, 0.15) is 62.1 Å². The van der Waals surface area contributed by atoms with Crippen molar-refractivity contribution in [3.05, 3.63) is 65.2 Å². The fourth-order valence-corrected chi connectivity index (χ4v) is 6.52. The van der Waals surface area contributed by atoms with Crippen LogP contribution >= 0.6 is 0 Å². The Bertz CT molecular complexity index is 933. The molecule has 0 aromatic heterocycles. The molecule has 0 heterocycles. The van der Waals surface area contributed by atoms with Crippen molar-refractivity contribution in [1.82, 2.24) is 0 Å². The van der Waals surface area contributed by atoms with Crippen LogP contribution in [0.15, 0.2) is 48.5 Å². The Kier molecular flexibility index (Phi) is 5.78. The van der Waals surface area contributed by atoms with Crippen molar-refractivity contribution in [3.63, 3.8) is 0 Å². The third-order valence-corrected chi connectivity index (χ3v) is 7.56. The minimum atomic E-state index is -0.279. The second-order valence-electron chi connectivity index (χ2n) is 9.76. The predicted molar refractivity (Wildman–Crippen MR) is 122 cm³/mol. The molecule has 2 aromatic rings. The Morgan fingerprint density at radius 2 is 1.55 bits per heavy atom. The molecule has 4 aliphatic rings. The second-order valence-corrected chi connectivity index (χ2v) is 9.76. The Morgan fingerprint density at radius 1 is 0.903 bits per heavy atom. The van der Waals surface area contributed by atoms with Gasteiger partial charge < -0.3 is 14.2 Å². The Hall–Kier alpha value is -2.28. The average Bonchev–Trinajstić information content (AvgIpc) is 2.78. The van der Waals surface area contributed by atoms with E-state index < -0.39 is 0 Å². The van der Waals surface area contributed by atoms with Crippen LogP contribution in [0.2, 0.25) is 0 Å². The molecule has 0 amide bonds. The van der Waals surface area contributed by atoms with Gasteiger partial charge in [0.2, 0.25) is 0 Å². The molecule has 0 radical (unpaired) electrons. The van der Waals surface area contributed by atoms with Gasteiger partial charge in [-0.2, -0.15) is 0 Å². The number of benzene rings is 2. The third kappa shape index (κ3) is 4.38. The van der Waals surface area contributed by atoms with Gasteiger partial charge in [-0.1, -0.05) is 30.0 Å². The molecule has 6 rings (SSSR count). The number of hydrogen-bond donors (Lipinski definition) is 0. The standard InChI is InChI=1S/C28H32O3/c1-20(29-2)30-19-31-27-11-10-22(9-8-21-6-4-3-5-7-21)15-26(27)28-16-23-12-24(17-28)14-25(13-23)18-28/h3-7,10-11,15,20,23-25H,12-14,16-19H2,1-2H3. The van der Waals surface area contributed by atoms with E-state index in [1.807, 2.05) is 25.1 Å². The first-order chi connectivity index (χ1) is 15.1. The van der Waals surface area contributed by atoms with Crippen molar-refractivity contribution in [1.29, 1.82) is 0 Å². The van der Waals surface area contributed by atoms with Gasteiger partial charge in [0.15, 0.2) is 13.1 Å². The summed E-state index contributed by atoms with van der Waals surface area (Å²) in [6.45, 7) is 2.08. The van der Waals surface area contributed by atoms with Gasteiger partial charge in [-0.05, 0) is 98.9 Å². The Balaban J connectivity index is 1.46. The first-order valence-electron chi connectivity index (χ1n) is 11.6. The maximum absolute atomic E-state index is 6.17. The molecular weight excluding hydrogens is 384 g/mol. The maximum atomic E-state index is 6.17. The summed E-state index contributed by atoms with van der Waals surface area (Å²) in [4.78, 5) is 0. The topological polar surface area (TPSA) is 27.7 Å². The van der Waals surface area contributed by atoms with Crippen LogP contribution in [-0.2, 0) is 14.9 Å². The van der Waals surface area contributed by atoms with Crippen molar-refractivity contribution in [2.75, 3.05) is 13.9 Å². The molecule has 1 unspecified atom stereocenters. The highest BCUT2D eigenvalue weighted by Gasteiger charge is 2.52. The summed E-state index contributed by atoms with van der Waals surface area (Å²) < 4.78 is 17.0. The van der Waals surface area contributed by atoms with E-state index in [4.69, 9.17) is 14.2 Å². The molecule has 4 aliphatic carbocycles. The monoisotopic (exact) mass is 416 g/mol. The molecule has 0 N–H and O–H groups in total. The van der Waals surface area contributed by atoms with Crippen molar-refractivity contribution >= 4 is 0 Å². The number of rotatable bonds is 6. The quantitative estimate of drug-likeness (QED) is 0.433. The van der Waals surface area contributed by atoms with Crippen LogP contribution in [0.25, 0.3) is 0 Å². The highest BCUT2D eigenvalue weighted by atomic mass is 16.7. The fourth-order valence-electron chi connectivity index (χ4n) is 6.52. The lowest BCUT2D eigenvalue weighted by Crippen LogP contribution is -2.48. The van der Waals surface area contributed by atoms with Gasteiger partial charge in [-0.15, -0.1) is 0 Å². The number of hydrogen-bond acceptors (Lipinski definition) is 3. The molecule has 162 valence electrons. The highest BCUT2D eigenvalue weighted by Crippen LogP contribution is 2.61. The molecule has 0 spiro atoms. The molecule has 1 atom stereocenters. The molecule has 0 saturated heterocycles. The van der Waals surface area contributed by atoms with Gasteiger partial charge in [0.1, 0.15) is 5.75 Å². The van der Waals surface area contributed by atoms with E-state index in [9.17, 15) is 0 Å². The van der Waals surface area contributed by atoms with Gasteiger partial charge in [0.25, 0.3) is 0 Å². The lowest BCUT2D eigenvalue weighted by Gasteiger charge is -2.57. The van der Waals surface area contributed by atoms with E-state index in [0.717, 1.165) is 34.6 Å². The summed E-state index contributed by atoms with van der Waals surface area (Å²) in [6, 6.07) is 16.7. The molecule has 31 heavy (non-hydrogen) atoms. The van der Waals surface area contributed by atoms with E-state index >= 15 is 0 Å². The first kappa shape index (κ1) is 20.6. The zero-order chi connectivity index (χ0) is 21.3. The van der Waals surface area contributed by atoms with Gasteiger partial charge in [0.05, 0.1) is 0 Å². The van der Waals surface area contributed by atoms with Crippen LogP contribution in [0, 0.1) is 29.6 Å². The zero-order valence-corrected chi connectivity index (χ0v) is 18.6. The zero-order valence-electron chi connectivity index (χ0n) is 18.6. The average molecular weight is 417 g/mol. The second kappa shape index (κ2) is 8.69. The van der Waals surface area contributed by atoms with Crippen LogP contribution < -0.4 is 4.74 Å². The van der Waals surface area contributed by atoms with Crippen LogP contribution in [0.5, 0.6) is 5.75 Å². The Labute approximate surface area is 186 Å². The summed E-state index contributed by atoms with van der Waals surface area (Å²) in [5, 5.41) is 0. The molecule has 2 aromatic carbocycles. The smallest absolute Gasteiger partial charge is 0.191 e. The SMILES string of the molecule is COC(C)OCOc1ccc(C#Cc2ccccc2)cc1C12CC3CC(CC(C3)C1)C2. The predicted octanol–water partition coefficient (Wildman–Crippen LogP) is 5.90. The van der Waals surface area contributed by atoms with Crippen molar-refractivity contribution < 1.29 is 14.2 Å². The lowest BCUT2D eigenvalue weighted by atomic mass is 9.48. The van der Waals surface area contributed by atoms with Crippen LogP contribution in [0.4, 0.5) is 0 Å². The lowest BCUT2D eigenvalue weighted by molar-refractivity contribution is -0.150. The van der Waals surface area contributed by atoms with E-state index in [-0.39, 0.29) is 18.5 Å². The van der Waals surface area contributed by atoms with Crippen molar-refractivity contribution in [2.24, 2.45) is 17.8 Å². The molecule has 3 nitrogen and oxygen atoms in total. The van der Waals surface area contributed by atoms with E-state index in [2.05, 4.69) is 42.2 Å². The highest BCUT2D eigenvalue weighted by molar-refractivity contribution is 5.50. The molecule has 4 saturated carbocycles. The third-order valence-electron chi connectivity index (χ3n) is 7.56. The Morgan fingerprint density at radius 3 is 2.19 bits per heavy atom. The van der Waals surface area contributed by atoms with E-state index in [0.29, 0.717) is 0 Å². The summed E-state index contributed by atoms with van der Waals surface area (Å²) in [6.07, 6.45) is 7.88. The van der Waals surface area contributed by atoms with E-state index in [1.54, 1.807) is 7.11 Å². The number of methoxy groups -OCH3 is 1. The molecule has 3 heteroatoms. The van der Waals surface area contributed by atoms with Gasteiger partial charge in [0, 0.05) is 23.8 Å². The fraction of sp³-hybridized carbons (Fsp3) is 0.500.